The van der Waals surface area contributed by atoms with Crippen LogP contribution in [0.2, 0.25) is 0 Å². The molecule has 2 rings (SSSR count). The number of benzene rings is 1. The van der Waals surface area contributed by atoms with Crippen LogP contribution in [0.15, 0.2) is 42.6 Å². The lowest BCUT2D eigenvalue weighted by atomic mass is 10.2. The molecule has 0 aliphatic heterocycles. The quantitative estimate of drug-likeness (QED) is 0.705. The highest BCUT2D eigenvalue weighted by Gasteiger charge is 1.86. The molecule has 0 unspecified atom stereocenters. The normalized spacial score (nSPS) is 8.33. The summed E-state index contributed by atoms with van der Waals surface area (Å²) in [5.41, 5.74) is 1.06. The minimum absolute atomic E-state index is 0. The molecule has 80 valence electrons. The maximum Gasteiger partial charge on any atom is 0.0701 e. The molecule has 4 nitrogen and oxygen atoms in total. The first kappa shape index (κ1) is 13.1. The number of rotatable bonds is 0. The zero-order chi connectivity index (χ0) is 10.4. The fourth-order valence-electron chi connectivity index (χ4n) is 1.02. The number of carboxylic acids is 1. The highest BCUT2D eigenvalue weighted by molar-refractivity contribution is 5.77. The lowest BCUT2D eigenvalue weighted by Crippen LogP contribution is -2.16. The summed E-state index contributed by atoms with van der Waals surface area (Å²) in [5.74, 6) is -1.08. The summed E-state index contributed by atoms with van der Waals surface area (Å²) in [6.45, 7) is 0.972. The van der Waals surface area contributed by atoms with Gasteiger partial charge in [-0.25, -0.2) is 0 Å². The molecule has 15 heavy (non-hydrogen) atoms. The molecule has 4 N–H and O–H groups in total. The number of aliphatic carboxylic acids is 1. The van der Waals surface area contributed by atoms with Crippen LogP contribution >= 0.6 is 0 Å². The molecule has 1 aromatic carbocycles. The third-order valence-corrected chi connectivity index (χ3v) is 1.51. The third-order valence-electron chi connectivity index (χ3n) is 1.51. The second kappa shape index (κ2) is 6.50. The van der Waals surface area contributed by atoms with Gasteiger partial charge in [-0.3, -0.25) is 4.98 Å². The van der Waals surface area contributed by atoms with E-state index in [0.29, 0.717) is 0 Å². The Hall–Kier alpha value is -1.94. The van der Waals surface area contributed by atoms with Gasteiger partial charge in [-0.15, -0.1) is 0 Å². The van der Waals surface area contributed by atoms with Crippen molar-refractivity contribution in [3.05, 3.63) is 42.6 Å². The largest absolute Gasteiger partial charge is 0.550 e. The van der Waals surface area contributed by atoms with Gasteiger partial charge in [0.1, 0.15) is 0 Å². The Morgan fingerprint density at radius 1 is 1.20 bits per heavy atom. The molecule has 0 aliphatic carbocycles. The number of nitrogens with zero attached hydrogens (tertiary/aromatic N) is 1. The van der Waals surface area contributed by atoms with Crippen LogP contribution < -0.4 is 11.3 Å². The minimum Gasteiger partial charge on any atom is -0.550 e. The lowest BCUT2D eigenvalue weighted by molar-refractivity contribution is -0.302. The molecule has 4 heteroatoms. The minimum atomic E-state index is -1.08. The number of pyridine rings is 1. The van der Waals surface area contributed by atoms with Crippen molar-refractivity contribution in [2.75, 3.05) is 0 Å². The zero-order valence-electron chi connectivity index (χ0n) is 8.81. The lowest BCUT2D eigenvalue weighted by Gasteiger charge is -1.91. The van der Waals surface area contributed by atoms with E-state index in [4.69, 9.17) is 9.90 Å². The molecule has 0 atom stereocenters. The zero-order valence-corrected chi connectivity index (χ0v) is 8.81. The van der Waals surface area contributed by atoms with Crippen molar-refractivity contribution in [1.82, 2.24) is 11.1 Å². The number of fused-ring (bicyclic) bond motifs is 1. The van der Waals surface area contributed by atoms with Crippen molar-refractivity contribution in [1.29, 1.82) is 0 Å². The van der Waals surface area contributed by atoms with Crippen LogP contribution in [0.1, 0.15) is 6.92 Å². The molecule has 0 amide bonds. The van der Waals surface area contributed by atoms with E-state index in [9.17, 15) is 0 Å². The van der Waals surface area contributed by atoms with Crippen molar-refractivity contribution in [3.8, 4) is 0 Å². The SMILES string of the molecule is CC(=O)[O-].[NH4+].c1ccc2ncccc2c1. The van der Waals surface area contributed by atoms with E-state index in [-0.39, 0.29) is 6.15 Å². The summed E-state index contributed by atoms with van der Waals surface area (Å²) in [7, 11) is 0. The second-order valence-corrected chi connectivity index (χ2v) is 2.69. The Morgan fingerprint density at radius 3 is 2.33 bits per heavy atom. The predicted octanol–water partition coefficient (Wildman–Crippen LogP) is 1.37. The van der Waals surface area contributed by atoms with Crippen molar-refractivity contribution >= 4 is 16.9 Å². The number of quaternary nitrogens is 1. The fourth-order valence-corrected chi connectivity index (χ4v) is 1.02. The molecule has 0 bridgehead atoms. The van der Waals surface area contributed by atoms with Crippen LogP contribution in [0.25, 0.3) is 10.9 Å². The molecule has 0 radical (unpaired) electrons. The maximum atomic E-state index is 8.89. The van der Waals surface area contributed by atoms with Gasteiger partial charge in [-0.2, -0.15) is 0 Å². The van der Waals surface area contributed by atoms with Crippen molar-refractivity contribution in [2.45, 2.75) is 6.92 Å². The molecule has 1 aromatic heterocycles. The molecule has 0 saturated heterocycles. The van der Waals surface area contributed by atoms with Gasteiger partial charge in [0.25, 0.3) is 0 Å². The number of carbonyl (C=O) groups excluding carboxylic acids is 1. The summed E-state index contributed by atoms with van der Waals surface area (Å²) < 4.78 is 0. The van der Waals surface area contributed by atoms with Gasteiger partial charge in [0.05, 0.1) is 5.52 Å². The fraction of sp³-hybridized carbons (Fsp3) is 0.0909. The van der Waals surface area contributed by atoms with Crippen LogP contribution in [0, 0.1) is 0 Å². The van der Waals surface area contributed by atoms with E-state index in [0.717, 1.165) is 12.4 Å². The van der Waals surface area contributed by atoms with E-state index >= 15 is 0 Å². The number of carboxylic acid groups (broad SMARTS) is 1. The molecular weight excluding hydrogens is 192 g/mol. The summed E-state index contributed by atoms with van der Waals surface area (Å²) in [5, 5.41) is 10.1. The third kappa shape index (κ3) is 4.73. The Labute approximate surface area is 88.2 Å². The van der Waals surface area contributed by atoms with Gasteiger partial charge in [-0.1, -0.05) is 24.3 Å². The molecule has 0 saturated carbocycles. The molecule has 0 aliphatic rings. The van der Waals surface area contributed by atoms with E-state index < -0.39 is 5.97 Å². The van der Waals surface area contributed by atoms with E-state index in [1.807, 2.05) is 30.5 Å². The van der Waals surface area contributed by atoms with Crippen molar-refractivity contribution in [3.63, 3.8) is 0 Å². The summed E-state index contributed by atoms with van der Waals surface area (Å²) in [4.78, 5) is 13.1. The topological polar surface area (TPSA) is 89.5 Å². The van der Waals surface area contributed by atoms with Gasteiger partial charge in [0.2, 0.25) is 0 Å². The molecule has 1 heterocycles. The van der Waals surface area contributed by atoms with Gasteiger partial charge in [-0.05, 0) is 19.1 Å². The van der Waals surface area contributed by atoms with Crippen molar-refractivity contribution < 1.29 is 9.90 Å². The van der Waals surface area contributed by atoms with Crippen LogP contribution in [-0.4, -0.2) is 11.0 Å². The smallest absolute Gasteiger partial charge is 0.0701 e. The number of para-hydroxylation sites is 1. The van der Waals surface area contributed by atoms with Crippen LogP contribution in [-0.2, 0) is 4.79 Å². The molecule has 0 fully saturated rings. The maximum absolute atomic E-state index is 8.89. The summed E-state index contributed by atoms with van der Waals surface area (Å²) >= 11 is 0. The number of hydrogen-bond acceptors (Lipinski definition) is 3. The number of carbonyl (C=O) groups is 1. The van der Waals surface area contributed by atoms with E-state index in [2.05, 4.69) is 17.1 Å². The predicted molar refractivity (Wildman–Crippen MR) is 58.4 cm³/mol. The first-order valence-corrected chi connectivity index (χ1v) is 4.17. The summed E-state index contributed by atoms with van der Waals surface area (Å²) in [6.07, 6.45) is 1.81. The van der Waals surface area contributed by atoms with E-state index in [1.54, 1.807) is 0 Å². The van der Waals surface area contributed by atoms with Crippen LogP contribution in [0.3, 0.4) is 0 Å². The van der Waals surface area contributed by atoms with Crippen LogP contribution in [0.4, 0.5) is 0 Å². The first-order chi connectivity index (χ1) is 6.70. The average molecular weight is 206 g/mol. The van der Waals surface area contributed by atoms with Gasteiger partial charge < -0.3 is 16.1 Å². The van der Waals surface area contributed by atoms with Gasteiger partial charge in [0, 0.05) is 17.6 Å². The monoisotopic (exact) mass is 206 g/mol. The number of hydrogen-bond donors (Lipinski definition) is 1. The Kier molecular flexibility index (Phi) is 5.66. The highest BCUT2D eigenvalue weighted by Crippen LogP contribution is 2.07. The Morgan fingerprint density at radius 2 is 1.73 bits per heavy atom. The Balaban J connectivity index is 0.000000346. The molecule has 0 spiro atoms. The molecule has 2 aromatic rings. The highest BCUT2D eigenvalue weighted by atomic mass is 16.4. The number of aromatic nitrogens is 1. The molecular formula is C11H14N2O2. The van der Waals surface area contributed by atoms with Gasteiger partial charge in [0.15, 0.2) is 0 Å². The average Bonchev–Trinajstić information content (AvgIpc) is 2.17. The summed E-state index contributed by atoms with van der Waals surface area (Å²) in [6, 6.07) is 12.1. The van der Waals surface area contributed by atoms with Crippen molar-refractivity contribution in [2.24, 2.45) is 0 Å². The Bertz CT molecular complexity index is 360. The van der Waals surface area contributed by atoms with E-state index in [1.165, 1.54) is 5.39 Å². The standard InChI is InChI=1S/C9H7N.C2H4O2.H3N/c1-2-6-9-8(4-1)5-3-7-10-9;1-2(3)4;/h1-7H;1H3,(H,3,4);1H3. The van der Waals surface area contributed by atoms with Gasteiger partial charge >= 0.3 is 0 Å². The second-order valence-electron chi connectivity index (χ2n) is 2.69. The first-order valence-electron chi connectivity index (χ1n) is 4.17. The van der Waals surface area contributed by atoms with Crippen LogP contribution in [0.5, 0.6) is 0 Å².